The van der Waals surface area contributed by atoms with Crippen molar-refractivity contribution in [3.63, 3.8) is 0 Å². The van der Waals surface area contributed by atoms with Crippen LogP contribution in [0.4, 0.5) is 4.79 Å². The van der Waals surface area contributed by atoms with Crippen molar-refractivity contribution in [1.82, 2.24) is 15.1 Å². The van der Waals surface area contributed by atoms with E-state index in [1.807, 2.05) is 11.9 Å². The number of hydrogen-bond acceptors (Lipinski definition) is 8. The van der Waals surface area contributed by atoms with Crippen LogP contribution in [0.3, 0.4) is 0 Å². The van der Waals surface area contributed by atoms with E-state index in [0.29, 0.717) is 24.8 Å². The summed E-state index contributed by atoms with van der Waals surface area (Å²) in [7, 11) is 1.94. The fraction of sp³-hybridized carbons (Fsp3) is 0.848. The van der Waals surface area contributed by atoms with Crippen LogP contribution >= 0.6 is 0 Å². The molecule has 4 saturated carbocycles. The summed E-state index contributed by atoms with van der Waals surface area (Å²) in [6.45, 7) is 11.1. The fourth-order valence-corrected chi connectivity index (χ4v) is 10.5. The van der Waals surface area contributed by atoms with Gasteiger partial charge in [0.2, 0.25) is 0 Å². The molecule has 1 saturated heterocycles. The number of morpholine rings is 1. The summed E-state index contributed by atoms with van der Waals surface area (Å²) in [6, 6.07) is 0.224. The first-order valence-corrected chi connectivity index (χ1v) is 16.5. The van der Waals surface area contributed by atoms with Crippen molar-refractivity contribution < 1.29 is 33.7 Å². The van der Waals surface area contributed by atoms with E-state index in [2.05, 4.69) is 24.1 Å². The molecule has 6 aliphatic rings. The van der Waals surface area contributed by atoms with E-state index in [4.69, 9.17) is 14.2 Å². The molecule has 6 rings (SSSR count). The zero-order valence-corrected chi connectivity index (χ0v) is 26.4. The predicted molar refractivity (Wildman–Crippen MR) is 159 cm³/mol. The maximum Gasteiger partial charge on any atom is 0.331 e. The van der Waals surface area contributed by atoms with Crippen LogP contribution in [0.15, 0.2) is 11.6 Å². The first-order valence-electron chi connectivity index (χ1n) is 16.5. The molecule has 0 aromatic rings. The van der Waals surface area contributed by atoms with Crippen LogP contribution in [0, 0.1) is 34.5 Å². The van der Waals surface area contributed by atoms with Crippen molar-refractivity contribution in [1.29, 1.82) is 0 Å². The Hall–Kier alpha value is -2.17. The Morgan fingerprint density at radius 1 is 1.14 bits per heavy atom. The van der Waals surface area contributed by atoms with Gasteiger partial charge in [-0.3, -0.25) is 9.69 Å². The molecule has 0 spiro atoms. The lowest BCUT2D eigenvalue weighted by Gasteiger charge is -2.64. The Morgan fingerprint density at radius 2 is 1.91 bits per heavy atom. The molecule has 2 aliphatic heterocycles. The first-order chi connectivity index (χ1) is 20.5. The predicted octanol–water partition coefficient (Wildman–Crippen LogP) is 3.13. The zero-order valence-electron chi connectivity index (χ0n) is 26.4. The Bertz CT molecular complexity index is 1140. The van der Waals surface area contributed by atoms with E-state index >= 15 is 0 Å². The number of carbonyl (C=O) groups excluding carboxylic acids is 3. The molecule has 0 unspecified atom stereocenters. The van der Waals surface area contributed by atoms with E-state index in [9.17, 15) is 19.5 Å². The van der Waals surface area contributed by atoms with Gasteiger partial charge in [-0.15, -0.1) is 0 Å². The molecule has 10 heteroatoms. The first kappa shape index (κ1) is 30.8. The highest BCUT2D eigenvalue weighted by molar-refractivity contribution is 5.85. The van der Waals surface area contributed by atoms with Crippen LogP contribution in [-0.2, 0) is 23.8 Å². The van der Waals surface area contributed by atoms with Crippen LogP contribution in [0.5, 0.6) is 0 Å². The summed E-state index contributed by atoms with van der Waals surface area (Å²) in [5.74, 6) is 0.0212. The summed E-state index contributed by atoms with van der Waals surface area (Å²) in [5, 5.41) is 15.9. The number of cyclic esters (lactones) is 1. The topological polar surface area (TPSA) is 118 Å². The lowest BCUT2D eigenvalue weighted by Crippen LogP contribution is -2.63. The van der Waals surface area contributed by atoms with Gasteiger partial charge in [-0.2, -0.15) is 0 Å². The average Bonchev–Trinajstić information content (AvgIpc) is 3.49. The quantitative estimate of drug-likeness (QED) is 0.446. The zero-order chi connectivity index (χ0) is 30.6. The van der Waals surface area contributed by atoms with Gasteiger partial charge in [-0.25, -0.2) is 9.59 Å². The van der Waals surface area contributed by atoms with E-state index < -0.39 is 17.1 Å². The average molecular weight is 602 g/mol. The number of urea groups is 1. The number of nitrogens with zero attached hydrogens (tertiary/aromatic N) is 2. The summed E-state index contributed by atoms with van der Waals surface area (Å²) in [4.78, 5) is 41.6. The Kier molecular flexibility index (Phi) is 8.35. The number of hydrogen-bond donors (Lipinski definition) is 2. The van der Waals surface area contributed by atoms with Gasteiger partial charge in [0.15, 0.2) is 0 Å². The molecule has 5 fully saturated rings. The van der Waals surface area contributed by atoms with Gasteiger partial charge in [0.1, 0.15) is 12.7 Å². The second kappa shape index (κ2) is 11.6. The van der Waals surface area contributed by atoms with Crippen LogP contribution in [0.25, 0.3) is 0 Å². The van der Waals surface area contributed by atoms with E-state index in [1.54, 1.807) is 6.08 Å². The Morgan fingerprint density at radius 3 is 2.60 bits per heavy atom. The summed E-state index contributed by atoms with van der Waals surface area (Å²) in [6.07, 6.45) is 8.24. The van der Waals surface area contributed by atoms with Crippen LogP contribution in [-0.4, -0.2) is 104 Å². The number of nitrogens with one attached hydrogen (secondary N) is 1. The largest absolute Gasteiger partial charge is 0.462 e. The maximum atomic E-state index is 13.1. The molecule has 43 heavy (non-hydrogen) atoms. The van der Waals surface area contributed by atoms with Crippen molar-refractivity contribution in [3.05, 3.63) is 11.6 Å². The van der Waals surface area contributed by atoms with E-state index in [-0.39, 0.29) is 47.9 Å². The molecular weight excluding hydrogens is 550 g/mol. The summed E-state index contributed by atoms with van der Waals surface area (Å²) < 4.78 is 16.6. The van der Waals surface area contributed by atoms with Crippen molar-refractivity contribution in [2.45, 2.75) is 89.9 Å². The fourth-order valence-electron chi connectivity index (χ4n) is 10.5. The third kappa shape index (κ3) is 5.29. The monoisotopic (exact) mass is 601 g/mol. The smallest absolute Gasteiger partial charge is 0.331 e. The number of rotatable bonds is 6. The van der Waals surface area contributed by atoms with Crippen LogP contribution in [0.2, 0.25) is 0 Å². The van der Waals surface area contributed by atoms with Gasteiger partial charge >= 0.3 is 18.0 Å². The SMILES string of the molecule is CC(=O)O[C@H]1C[C@]2(O)[C@@H]3CC[C@@H]4C[C@@H](N(C)C(=O)NCCN5CCOCC5)CC[C@]4(C)[C@H]3CC[C@]2(C)[C@H]1C1=CC(=O)OC1. The molecule has 0 bridgehead atoms. The number of fused-ring (bicyclic) bond motifs is 5. The molecule has 2 amide bonds. The van der Waals surface area contributed by atoms with Crippen molar-refractivity contribution in [2.75, 3.05) is 53.0 Å². The highest BCUT2D eigenvalue weighted by atomic mass is 16.5. The molecule has 240 valence electrons. The summed E-state index contributed by atoms with van der Waals surface area (Å²) >= 11 is 0. The van der Waals surface area contributed by atoms with Crippen LogP contribution in [0.1, 0.15) is 72.1 Å². The highest BCUT2D eigenvalue weighted by Crippen LogP contribution is 2.70. The minimum Gasteiger partial charge on any atom is -0.462 e. The second-order valence-electron chi connectivity index (χ2n) is 14.8. The molecule has 10 nitrogen and oxygen atoms in total. The number of aliphatic hydroxyl groups is 1. The minimum atomic E-state index is -0.991. The van der Waals surface area contributed by atoms with Crippen molar-refractivity contribution in [3.8, 4) is 0 Å². The Balaban J connectivity index is 1.13. The standard InChI is InChI=1S/C33H51N3O7/c1-21(37)43-27-19-33(40)26-6-5-23-18-24(35(4)30(39)34-11-12-36-13-15-41-16-14-36)7-9-31(23,2)25(26)8-10-32(33,3)29(27)22-17-28(38)42-20-22/h17,23-27,29,40H,5-16,18-20H2,1-4H3,(H,34,39)/t23-,24+,25+,26-,27+,29+,31+,32-,33+/m1/s1. The molecule has 0 aromatic heterocycles. The van der Waals surface area contributed by atoms with Gasteiger partial charge in [0.25, 0.3) is 0 Å². The number of amides is 2. The minimum absolute atomic E-state index is 0.00971. The lowest BCUT2D eigenvalue weighted by atomic mass is 9.43. The molecule has 2 N–H and O–H groups in total. The third-order valence-corrected chi connectivity index (χ3v) is 12.9. The Labute approximate surface area is 255 Å². The number of ether oxygens (including phenoxy) is 3. The highest BCUT2D eigenvalue weighted by Gasteiger charge is 2.71. The van der Waals surface area contributed by atoms with Crippen LogP contribution < -0.4 is 5.32 Å². The normalized spacial score (nSPS) is 42.6. The summed E-state index contributed by atoms with van der Waals surface area (Å²) in [5.41, 5.74) is -0.562. The lowest BCUT2D eigenvalue weighted by molar-refractivity contribution is -0.206. The van der Waals surface area contributed by atoms with E-state index in [1.165, 1.54) is 6.92 Å². The van der Waals surface area contributed by atoms with Crippen molar-refractivity contribution in [2.24, 2.45) is 34.5 Å². The van der Waals surface area contributed by atoms with Gasteiger partial charge in [-0.05, 0) is 73.7 Å². The van der Waals surface area contributed by atoms with Crippen molar-refractivity contribution >= 4 is 18.0 Å². The molecule has 4 aliphatic carbocycles. The number of esters is 2. The van der Waals surface area contributed by atoms with Gasteiger partial charge in [-0.1, -0.05) is 13.8 Å². The molecule has 0 aromatic carbocycles. The molecule has 9 atom stereocenters. The molecule has 0 radical (unpaired) electrons. The van der Waals surface area contributed by atoms with E-state index in [0.717, 1.165) is 83.4 Å². The second-order valence-corrected chi connectivity index (χ2v) is 14.8. The van der Waals surface area contributed by atoms with Gasteiger partial charge in [0, 0.05) is 70.0 Å². The maximum absolute atomic E-state index is 13.1. The third-order valence-electron chi connectivity index (χ3n) is 12.9. The van der Waals surface area contributed by atoms with Gasteiger partial charge in [0.05, 0.1) is 18.8 Å². The van der Waals surface area contributed by atoms with Gasteiger partial charge < -0.3 is 29.5 Å². The molecule has 2 heterocycles. The molecular formula is C33H51N3O7. The number of carbonyl (C=O) groups is 3.